The number of carbonyl (C=O) groups is 1. The van der Waals surface area contributed by atoms with E-state index in [2.05, 4.69) is 12.2 Å². The minimum atomic E-state index is -3.55. The fourth-order valence-corrected chi connectivity index (χ4v) is 6.47. The summed E-state index contributed by atoms with van der Waals surface area (Å²) < 4.78 is 52.2. The number of benzene rings is 1. The van der Waals surface area contributed by atoms with E-state index in [-0.39, 0.29) is 4.90 Å². The fraction of sp³-hybridized carbons (Fsp3) is 0.632. The fourth-order valence-electron chi connectivity index (χ4n) is 3.87. The van der Waals surface area contributed by atoms with E-state index in [1.54, 1.807) is 12.1 Å². The Morgan fingerprint density at radius 1 is 0.966 bits per heavy atom. The Labute approximate surface area is 173 Å². The third-order valence-electron chi connectivity index (χ3n) is 5.68. The zero-order valence-electron chi connectivity index (χ0n) is 16.9. The molecule has 10 heteroatoms. The molecule has 2 aliphatic rings. The highest BCUT2D eigenvalue weighted by Gasteiger charge is 2.34. The molecule has 1 amide bonds. The topological polar surface area (TPSA) is 104 Å². The number of amides is 1. The van der Waals surface area contributed by atoms with E-state index in [1.165, 1.54) is 20.7 Å². The number of anilines is 1. The quantitative estimate of drug-likeness (QED) is 0.748. The standard InChI is InChI=1S/C19H29N3O5S2/c1-15-10-13-21(14-11-15)29(26,27)17-8-6-16(7-9-17)20-19(23)18-5-3-4-12-22(18)28(2,24)25/h6-9,15,18H,3-5,10-14H2,1-2H3,(H,20,23). The predicted molar refractivity (Wildman–Crippen MR) is 111 cm³/mol. The molecule has 0 radical (unpaired) electrons. The lowest BCUT2D eigenvalue weighted by Gasteiger charge is -2.32. The molecule has 2 fully saturated rings. The van der Waals surface area contributed by atoms with Crippen molar-refractivity contribution in [2.24, 2.45) is 5.92 Å². The van der Waals surface area contributed by atoms with Gasteiger partial charge in [0, 0.05) is 25.3 Å². The van der Waals surface area contributed by atoms with E-state index < -0.39 is 32.0 Å². The lowest BCUT2D eigenvalue weighted by molar-refractivity contribution is -0.120. The third kappa shape index (κ3) is 5.17. The first-order valence-corrected chi connectivity index (χ1v) is 13.3. The van der Waals surface area contributed by atoms with Crippen LogP contribution in [0.1, 0.15) is 39.0 Å². The van der Waals surface area contributed by atoms with Crippen molar-refractivity contribution in [2.75, 3.05) is 31.2 Å². The summed E-state index contributed by atoms with van der Waals surface area (Å²) in [6.07, 6.45) is 4.81. The summed E-state index contributed by atoms with van der Waals surface area (Å²) in [4.78, 5) is 12.8. The summed E-state index contributed by atoms with van der Waals surface area (Å²) in [6.45, 7) is 3.50. The predicted octanol–water partition coefficient (Wildman–Crippen LogP) is 1.86. The number of rotatable bonds is 5. The Bertz CT molecular complexity index is 937. The molecule has 1 atom stereocenters. The normalized spacial score (nSPS) is 23.0. The summed E-state index contributed by atoms with van der Waals surface area (Å²) >= 11 is 0. The van der Waals surface area contributed by atoms with Gasteiger partial charge in [0.05, 0.1) is 11.2 Å². The lowest BCUT2D eigenvalue weighted by Crippen LogP contribution is -2.49. The third-order valence-corrected chi connectivity index (χ3v) is 8.89. The molecule has 2 saturated heterocycles. The second-order valence-corrected chi connectivity index (χ2v) is 11.9. The summed E-state index contributed by atoms with van der Waals surface area (Å²) in [7, 11) is -7.01. The Morgan fingerprint density at radius 2 is 1.59 bits per heavy atom. The van der Waals surface area contributed by atoms with Crippen molar-refractivity contribution in [3.8, 4) is 0 Å². The highest BCUT2D eigenvalue weighted by atomic mass is 32.2. The Hall–Kier alpha value is -1.49. The van der Waals surface area contributed by atoms with Crippen molar-refractivity contribution in [1.82, 2.24) is 8.61 Å². The zero-order chi connectivity index (χ0) is 21.2. The van der Waals surface area contributed by atoms with E-state index in [9.17, 15) is 21.6 Å². The maximum Gasteiger partial charge on any atom is 0.243 e. The molecule has 1 N–H and O–H groups in total. The molecule has 8 nitrogen and oxygen atoms in total. The first-order valence-electron chi connectivity index (χ1n) is 9.97. The number of nitrogens with one attached hydrogen (secondary N) is 1. The molecule has 0 spiro atoms. The largest absolute Gasteiger partial charge is 0.325 e. The van der Waals surface area contributed by atoms with E-state index in [0.29, 0.717) is 37.7 Å². The molecule has 2 heterocycles. The maximum atomic E-state index is 12.8. The molecule has 29 heavy (non-hydrogen) atoms. The van der Waals surface area contributed by atoms with Gasteiger partial charge in [-0.3, -0.25) is 4.79 Å². The molecule has 0 aliphatic carbocycles. The summed E-state index contributed by atoms with van der Waals surface area (Å²) in [5.74, 6) is 0.140. The molecule has 0 saturated carbocycles. The second kappa shape index (κ2) is 8.71. The minimum Gasteiger partial charge on any atom is -0.325 e. The van der Waals surface area contributed by atoms with Crippen LogP contribution in [0, 0.1) is 5.92 Å². The van der Waals surface area contributed by atoms with E-state index in [1.807, 2.05) is 0 Å². The number of nitrogens with zero attached hydrogens (tertiary/aromatic N) is 2. The van der Waals surface area contributed by atoms with Gasteiger partial charge in [0.2, 0.25) is 26.0 Å². The van der Waals surface area contributed by atoms with Gasteiger partial charge in [-0.25, -0.2) is 16.8 Å². The SMILES string of the molecule is CC1CCN(S(=O)(=O)c2ccc(NC(=O)C3CCCCN3S(C)(=O)=O)cc2)CC1. The highest BCUT2D eigenvalue weighted by molar-refractivity contribution is 7.89. The van der Waals surface area contributed by atoms with Crippen molar-refractivity contribution in [3.05, 3.63) is 24.3 Å². The average molecular weight is 444 g/mol. The van der Waals surface area contributed by atoms with Gasteiger partial charge in [0.1, 0.15) is 6.04 Å². The van der Waals surface area contributed by atoms with Crippen LogP contribution in [0.15, 0.2) is 29.2 Å². The second-order valence-electron chi connectivity index (χ2n) is 7.99. The first kappa shape index (κ1) is 22.2. The average Bonchev–Trinajstić information content (AvgIpc) is 2.68. The monoisotopic (exact) mass is 443 g/mol. The van der Waals surface area contributed by atoms with Gasteiger partial charge >= 0.3 is 0 Å². The van der Waals surface area contributed by atoms with Crippen molar-refractivity contribution < 1.29 is 21.6 Å². The van der Waals surface area contributed by atoms with Gasteiger partial charge in [-0.2, -0.15) is 8.61 Å². The van der Waals surface area contributed by atoms with E-state index >= 15 is 0 Å². The summed E-state index contributed by atoms with van der Waals surface area (Å²) in [5.41, 5.74) is 0.445. The van der Waals surface area contributed by atoms with Gasteiger partial charge in [-0.05, 0) is 55.9 Å². The van der Waals surface area contributed by atoms with Crippen LogP contribution in [-0.2, 0) is 24.8 Å². The molecule has 1 aromatic rings. The zero-order valence-corrected chi connectivity index (χ0v) is 18.5. The molecule has 1 unspecified atom stereocenters. The van der Waals surface area contributed by atoms with Crippen LogP contribution in [0.2, 0.25) is 0 Å². The van der Waals surface area contributed by atoms with Crippen LogP contribution in [0.5, 0.6) is 0 Å². The van der Waals surface area contributed by atoms with Crippen LogP contribution in [-0.4, -0.2) is 63.3 Å². The van der Waals surface area contributed by atoms with Crippen LogP contribution in [0.25, 0.3) is 0 Å². The number of carbonyl (C=O) groups excluding carboxylic acids is 1. The molecule has 1 aromatic carbocycles. The Kier molecular flexibility index (Phi) is 6.67. The molecule has 162 valence electrons. The van der Waals surface area contributed by atoms with Gasteiger partial charge in [0.15, 0.2) is 0 Å². The van der Waals surface area contributed by atoms with Gasteiger partial charge in [0.25, 0.3) is 0 Å². The molecular formula is C19H29N3O5S2. The summed E-state index contributed by atoms with van der Waals surface area (Å²) in [5, 5.41) is 2.72. The number of sulfonamides is 2. The smallest absolute Gasteiger partial charge is 0.243 e. The van der Waals surface area contributed by atoms with E-state index in [0.717, 1.165) is 31.9 Å². The molecule has 0 bridgehead atoms. The Balaban J connectivity index is 1.69. The van der Waals surface area contributed by atoms with Gasteiger partial charge in [-0.1, -0.05) is 13.3 Å². The van der Waals surface area contributed by atoms with Crippen LogP contribution >= 0.6 is 0 Å². The van der Waals surface area contributed by atoms with Crippen LogP contribution in [0.4, 0.5) is 5.69 Å². The summed E-state index contributed by atoms with van der Waals surface area (Å²) in [6, 6.07) is 5.32. The van der Waals surface area contributed by atoms with Gasteiger partial charge in [-0.15, -0.1) is 0 Å². The first-order chi connectivity index (χ1) is 13.6. The van der Waals surface area contributed by atoms with Crippen molar-refractivity contribution >= 4 is 31.6 Å². The molecule has 0 aromatic heterocycles. The molecular weight excluding hydrogens is 414 g/mol. The molecule has 2 aliphatic heterocycles. The molecule has 3 rings (SSSR count). The number of piperidine rings is 2. The number of hydrogen-bond donors (Lipinski definition) is 1. The number of hydrogen-bond acceptors (Lipinski definition) is 5. The van der Waals surface area contributed by atoms with Gasteiger partial charge < -0.3 is 5.32 Å². The van der Waals surface area contributed by atoms with Crippen molar-refractivity contribution in [2.45, 2.75) is 50.0 Å². The highest BCUT2D eigenvalue weighted by Crippen LogP contribution is 2.25. The lowest BCUT2D eigenvalue weighted by atomic mass is 10.0. The van der Waals surface area contributed by atoms with Crippen molar-refractivity contribution in [3.63, 3.8) is 0 Å². The maximum absolute atomic E-state index is 12.8. The minimum absolute atomic E-state index is 0.195. The van der Waals surface area contributed by atoms with Crippen LogP contribution in [0.3, 0.4) is 0 Å². The Morgan fingerprint density at radius 3 is 2.17 bits per heavy atom. The van der Waals surface area contributed by atoms with E-state index in [4.69, 9.17) is 0 Å². The van der Waals surface area contributed by atoms with Crippen molar-refractivity contribution in [1.29, 1.82) is 0 Å². The van der Waals surface area contributed by atoms with Crippen LogP contribution < -0.4 is 5.32 Å².